The van der Waals surface area contributed by atoms with Crippen LogP contribution >= 0.6 is 0 Å². The summed E-state index contributed by atoms with van der Waals surface area (Å²) < 4.78 is 27.8. The molecule has 0 saturated carbocycles. The quantitative estimate of drug-likeness (QED) is 0.572. The number of imide groups is 1. The summed E-state index contributed by atoms with van der Waals surface area (Å²) >= 11 is 0. The zero-order valence-corrected chi connectivity index (χ0v) is 18.2. The Kier molecular flexibility index (Phi) is 5.28. The van der Waals surface area contributed by atoms with Crippen molar-refractivity contribution in [1.82, 2.24) is 9.21 Å². The minimum atomic E-state index is -3.63. The van der Waals surface area contributed by atoms with E-state index in [1.807, 2.05) is 41.3 Å². The highest BCUT2D eigenvalue weighted by Crippen LogP contribution is 2.28. The molecule has 0 radical (unpaired) electrons. The molecule has 7 nitrogen and oxygen atoms in total. The van der Waals surface area contributed by atoms with Crippen LogP contribution in [0.3, 0.4) is 0 Å². The highest BCUT2D eigenvalue weighted by Gasteiger charge is 2.44. The molecule has 3 aromatic carbocycles. The van der Waals surface area contributed by atoms with Gasteiger partial charge in [0, 0.05) is 26.2 Å². The molecule has 0 spiro atoms. The van der Waals surface area contributed by atoms with Crippen LogP contribution in [0.2, 0.25) is 0 Å². The first kappa shape index (κ1) is 20.8. The molecule has 2 heterocycles. The van der Waals surface area contributed by atoms with Gasteiger partial charge in [-0.2, -0.15) is 4.31 Å². The summed E-state index contributed by atoms with van der Waals surface area (Å²) in [5.74, 6) is -0.468. The number of sulfonamides is 1. The second-order valence-corrected chi connectivity index (χ2v) is 10.0. The molecule has 0 unspecified atom stereocenters. The van der Waals surface area contributed by atoms with E-state index in [9.17, 15) is 18.0 Å². The Hall–Kier alpha value is -3.07. The fourth-order valence-corrected chi connectivity index (χ4v) is 5.94. The van der Waals surface area contributed by atoms with Gasteiger partial charge in [0.15, 0.2) is 0 Å². The molecular weight excluding hydrogens is 426 g/mol. The average molecular weight is 450 g/mol. The Morgan fingerprint density at radius 2 is 1.41 bits per heavy atom. The number of hydrogen-bond donors (Lipinski definition) is 0. The number of amides is 2. The van der Waals surface area contributed by atoms with Gasteiger partial charge in [0.1, 0.15) is 0 Å². The second-order valence-electron chi connectivity index (χ2n) is 8.07. The maximum Gasteiger partial charge on any atom is 0.251 e. The van der Waals surface area contributed by atoms with E-state index >= 15 is 0 Å². The molecule has 0 N–H and O–H groups in total. The lowest BCUT2D eigenvalue weighted by Crippen LogP contribution is -2.53. The van der Waals surface area contributed by atoms with Gasteiger partial charge in [-0.25, -0.2) is 13.3 Å². The number of carbonyl (C=O) groups is 2. The smallest absolute Gasteiger partial charge is 0.251 e. The van der Waals surface area contributed by atoms with Crippen molar-refractivity contribution < 1.29 is 18.0 Å². The molecule has 164 valence electrons. The third-order valence-corrected chi connectivity index (χ3v) is 8.10. The number of anilines is 1. The second kappa shape index (κ2) is 8.12. The molecule has 2 saturated heterocycles. The minimum absolute atomic E-state index is 0.116. The standard InChI is InChI=1S/C24H23N3O4S/c28-23-17-22(24(29)27(23)20-8-2-1-3-9-20)25-12-14-26(15-13-25)32(30,31)21-11-10-18-6-4-5-7-19(18)16-21/h1-11,16,22H,12-15,17H2/t22-/m0/s1. The lowest BCUT2D eigenvalue weighted by Gasteiger charge is -2.36. The van der Waals surface area contributed by atoms with Crippen molar-refractivity contribution in [3.8, 4) is 0 Å². The largest absolute Gasteiger partial charge is 0.289 e. The van der Waals surface area contributed by atoms with E-state index in [-0.39, 0.29) is 36.2 Å². The number of carbonyl (C=O) groups excluding carboxylic acids is 2. The third kappa shape index (κ3) is 3.60. The van der Waals surface area contributed by atoms with E-state index in [4.69, 9.17) is 0 Å². The number of piperazine rings is 1. The van der Waals surface area contributed by atoms with Crippen LogP contribution in [-0.2, 0) is 19.6 Å². The Morgan fingerprint density at radius 1 is 0.750 bits per heavy atom. The molecule has 1 atom stereocenters. The predicted octanol–water partition coefficient (Wildman–Crippen LogP) is 2.48. The van der Waals surface area contributed by atoms with Crippen LogP contribution in [0.5, 0.6) is 0 Å². The number of benzene rings is 3. The molecule has 2 fully saturated rings. The highest BCUT2D eigenvalue weighted by atomic mass is 32.2. The first-order chi connectivity index (χ1) is 15.4. The number of hydrogen-bond acceptors (Lipinski definition) is 5. The molecule has 2 aliphatic rings. The SMILES string of the molecule is O=C1C[C@H](N2CCN(S(=O)(=O)c3ccc4ccccc4c3)CC2)C(=O)N1c1ccccc1. The highest BCUT2D eigenvalue weighted by molar-refractivity contribution is 7.89. The van der Waals surface area contributed by atoms with Crippen molar-refractivity contribution in [3.05, 3.63) is 72.8 Å². The first-order valence-corrected chi connectivity index (χ1v) is 12.0. The summed E-state index contributed by atoms with van der Waals surface area (Å²) in [7, 11) is -3.63. The van der Waals surface area contributed by atoms with Gasteiger partial charge < -0.3 is 0 Å². The summed E-state index contributed by atoms with van der Waals surface area (Å²) in [6, 6.07) is 21.2. The van der Waals surface area contributed by atoms with E-state index in [0.717, 1.165) is 10.8 Å². The van der Waals surface area contributed by atoms with E-state index in [1.54, 1.807) is 36.4 Å². The summed E-state index contributed by atoms with van der Waals surface area (Å²) in [6.45, 7) is 1.36. The van der Waals surface area contributed by atoms with Gasteiger partial charge in [-0.15, -0.1) is 0 Å². The molecule has 0 aromatic heterocycles. The van der Waals surface area contributed by atoms with Crippen molar-refractivity contribution in [3.63, 3.8) is 0 Å². The topological polar surface area (TPSA) is 78.0 Å². The summed E-state index contributed by atoms with van der Waals surface area (Å²) in [6.07, 6.45) is 0.116. The molecular formula is C24H23N3O4S. The molecule has 2 aliphatic heterocycles. The number of fused-ring (bicyclic) bond motifs is 1. The number of nitrogens with zero attached hydrogens (tertiary/aromatic N) is 3. The normalized spacial score (nSPS) is 20.9. The molecule has 3 aromatic rings. The van der Waals surface area contributed by atoms with Crippen molar-refractivity contribution in [2.45, 2.75) is 17.4 Å². The fourth-order valence-electron chi connectivity index (χ4n) is 4.48. The summed E-state index contributed by atoms with van der Waals surface area (Å²) in [5, 5.41) is 1.87. The van der Waals surface area contributed by atoms with Gasteiger partial charge in [-0.3, -0.25) is 14.5 Å². The van der Waals surface area contributed by atoms with Gasteiger partial charge in [0.2, 0.25) is 15.9 Å². The van der Waals surface area contributed by atoms with Crippen molar-refractivity contribution >= 4 is 38.3 Å². The van der Waals surface area contributed by atoms with Crippen molar-refractivity contribution in [2.24, 2.45) is 0 Å². The van der Waals surface area contributed by atoms with E-state index in [1.165, 1.54) is 9.21 Å². The Labute approximate surface area is 186 Å². The number of para-hydroxylation sites is 1. The lowest BCUT2D eigenvalue weighted by molar-refractivity contribution is -0.123. The van der Waals surface area contributed by atoms with Crippen molar-refractivity contribution in [2.75, 3.05) is 31.1 Å². The van der Waals surface area contributed by atoms with Crippen LogP contribution in [0.1, 0.15) is 6.42 Å². The van der Waals surface area contributed by atoms with Crippen LogP contribution in [0.25, 0.3) is 10.8 Å². The minimum Gasteiger partial charge on any atom is -0.289 e. The monoisotopic (exact) mass is 449 g/mol. The van der Waals surface area contributed by atoms with Gasteiger partial charge >= 0.3 is 0 Å². The Bertz CT molecular complexity index is 1280. The fraction of sp³-hybridized carbons (Fsp3) is 0.250. The van der Waals surface area contributed by atoms with Gasteiger partial charge in [0.25, 0.3) is 5.91 Å². The van der Waals surface area contributed by atoms with E-state index in [0.29, 0.717) is 18.8 Å². The van der Waals surface area contributed by atoms with E-state index in [2.05, 4.69) is 0 Å². The lowest BCUT2D eigenvalue weighted by atomic mass is 10.1. The number of rotatable bonds is 4. The van der Waals surface area contributed by atoms with Crippen LogP contribution in [-0.4, -0.2) is 61.7 Å². The van der Waals surface area contributed by atoms with Crippen LogP contribution in [0, 0.1) is 0 Å². The molecule has 0 aliphatic carbocycles. The van der Waals surface area contributed by atoms with Crippen LogP contribution < -0.4 is 4.90 Å². The summed E-state index contributed by atoms with van der Waals surface area (Å²) in [5.41, 5.74) is 0.572. The molecule has 5 rings (SSSR count). The maximum atomic E-state index is 13.2. The third-order valence-electron chi connectivity index (χ3n) is 6.21. The first-order valence-electron chi connectivity index (χ1n) is 10.6. The average Bonchev–Trinajstić information content (AvgIpc) is 3.13. The Morgan fingerprint density at radius 3 is 2.12 bits per heavy atom. The maximum absolute atomic E-state index is 13.2. The molecule has 32 heavy (non-hydrogen) atoms. The van der Waals surface area contributed by atoms with E-state index < -0.39 is 16.1 Å². The molecule has 2 amide bonds. The van der Waals surface area contributed by atoms with Gasteiger partial charge in [0.05, 0.1) is 23.0 Å². The van der Waals surface area contributed by atoms with Gasteiger partial charge in [-0.1, -0.05) is 48.5 Å². The zero-order valence-electron chi connectivity index (χ0n) is 17.4. The van der Waals surface area contributed by atoms with Crippen LogP contribution in [0.4, 0.5) is 5.69 Å². The van der Waals surface area contributed by atoms with Crippen LogP contribution in [0.15, 0.2) is 77.7 Å². The van der Waals surface area contributed by atoms with Gasteiger partial charge in [-0.05, 0) is 35.0 Å². The summed E-state index contributed by atoms with van der Waals surface area (Å²) in [4.78, 5) is 28.9. The van der Waals surface area contributed by atoms with Crippen molar-refractivity contribution in [1.29, 1.82) is 0 Å². The zero-order chi connectivity index (χ0) is 22.3. The molecule has 8 heteroatoms. The molecule has 0 bridgehead atoms. The Balaban J connectivity index is 1.29. The predicted molar refractivity (Wildman–Crippen MR) is 122 cm³/mol.